The predicted octanol–water partition coefficient (Wildman–Crippen LogP) is 6.96. The summed E-state index contributed by atoms with van der Waals surface area (Å²) in [5.41, 5.74) is 2.15. The Hall–Kier alpha value is -4.08. The predicted molar refractivity (Wildman–Crippen MR) is 159 cm³/mol. The number of aliphatic hydroxyl groups is 1. The first-order valence-electron chi connectivity index (χ1n) is 13.0. The van der Waals surface area contributed by atoms with E-state index in [1.807, 2.05) is 140 Å². The maximum atomic E-state index is 13.7. The van der Waals surface area contributed by atoms with Crippen molar-refractivity contribution in [2.45, 2.75) is 18.6 Å². The Morgan fingerprint density at radius 2 is 1.00 bits per heavy atom. The van der Waals surface area contributed by atoms with Crippen LogP contribution < -0.4 is 10.6 Å². The molecule has 0 saturated carbocycles. The van der Waals surface area contributed by atoms with Gasteiger partial charge < -0.3 is 0 Å². The molecule has 0 saturated heterocycles. The first-order chi connectivity index (χ1) is 19.2. The van der Waals surface area contributed by atoms with Crippen molar-refractivity contribution < 1.29 is 18.9 Å². The van der Waals surface area contributed by atoms with E-state index >= 15 is 0 Å². The van der Waals surface area contributed by atoms with E-state index in [1.165, 1.54) is 0 Å². The second-order valence-electron chi connectivity index (χ2n) is 9.28. The van der Waals surface area contributed by atoms with E-state index in [1.54, 1.807) is 12.1 Å². The Morgan fingerprint density at radius 1 is 0.590 bits per heavy atom. The van der Waals surface area contributed by atoms with Crippen molar-refractivity contribution in [1.29, 1.82) is 0 Å². The summed E-state index contributed by atoms with van der Waals surface area (Å²) < 4.78 is 13.6. The standard InChI is InChI=1S/C34H31O4P/c35-32(27-16-6-1-7-17-27)26-33(28-18-8-2-9-19-28)37-39(30-22-12-4-13-23-30,31-24-14-5-15-25-31)38-34(36)29-20-10-3-11-21-29/h1-25,32-33,35,39H,26H2. The fraction of sp³-hybridized carbons (Fsp3) is 0.0882. The van der Waals surface area contributed by atoms with Crippen LogP contribution in [0.1, 0.15) is 40.1 Å². The van der Waals surface area contributed by atoms with Gasteiger partial charge in [-0.05, 0) is 0 Å². The Morgan fingerprint density at radius 3 is 1.49 bits per heavy atom. The summed E-state index contributed by atoms with van der Waals surface area (Å²) in [5.74, 6) is -0.453. The van der Waals surface area contributed by atoms with E-state index in [0.717, 1.165) is 21.7 Å². The Kier molecular flexibility index (Phi) is 8.60. The van der Waals surface area contributed by atoms with Crippen LogP contribution in [0.4, 0.5) is 0 Å². The second kappa shape index (κ2) is 12.6. The second-order valence-corrected chi connectivity index (χ2v) is 12.1. The summed E-state index contributed by atoms with van der Waals surface area (Å²) in [7, 11) is -3.67. The summed E-state index contributed by atoms with van der Waals surface area (Å²) in [4.78, 5) is 13.7. The van der Waals surface area contributed by atoms with Gasteiger partial charge >= 0.3 is 230 Å². The van der Waals surface area contributed by atoms with Crippen LogP contribution in [0.3, 0.4) is 0 Å². The van der Waals surface area contributed by atoms with E-state index in [9.17, 15) is 9.90 Å². The summed E-state index contributed by atoms with van der Waals surface area (Å²) >= 11 is 0. The fourth-order valence-electron chi connectivity index (χ4n) is 4.66. The van der Waals surface area contributed by atoms with Crippen molar-refractivity contribution >= 4 is 24.3 Å². The van der Waals surface area contributed by atoms with Crippen LogP contribution in [0.25, 0.3) is 0 Å². The molecule has 196 valence electrons. The van der Waals surface area contributed by atoms with Crippen molar-refractivity contribution in [3.63, 3.8) is 0 Å². The van der Waals surface area contributed by atoms with Crippen LogP contribution in [0, 0.1) is 0 Å². The molecule has 2 unspecified atom stereocenters. The number of aliphatic hydroxyl groups excluding tert-OH is 1. The van der Waals surface area contributed by atoms with Gasteiger partial charge in [-0.15, -0.1) is 0 Å². The molecule has 0 heterocycles. The van der Waals surface area contributed by atoms with Crippen LogP contribution in [-0.2, 0) is 9.05 Å². The third-order valence-corrected chi connectivity index (χ3v) is 9.93. The molecule has 39 heavy (non-hydrogen) atoms. The number of rotatable bonds is 10. The maximum absolute atomic E-state index is 13.7. The molecule has 0 fully saturated rings. The van der Waals surface area contributed by atoms with E-state index in [-0.39, 0.29) is 6.42 Å². The first kappa shape index (κ1) is 26.5. The van der Waals surface area contributed by atoms with Gasteiger partial charge in [0, 0.05) is 0 Å². The average molecular weight is 535 g/mol. The third-order valence-electron chi connectivity index (χ3n) is 6.65. The summed E-state index contributed by atoms with van der Waals surface area (Å²) in [5, 5.41) is 12.9. The molecular weight excluding hydrogens is 503 g/mol. The number of carbonyl (C=O) groups is 1. The zero-order valence-corrected chi connectivity index (χ0v) is 22.5. The van der Waals surface area contributed by atoms with Gasteiger partial charge in [0.05, 0.1) is 0 Å². The molecule has 0 spiro atoms. The van der Waals surface area contributed by atoms with Crippen molar-refractivity contribution in [1.82, 2.24) is 0 Å². The molecule has 5 aromatic rings. The zero-order chi connectivity index (χ0) is 26.9. The molecular formula is C34H31O4P. The first-order valence-corrected chi connectivity index (χ1v) is 14.8. The zero-order valence-electron chi connectivity index (χ0n) is 21.5. The van der Waals surface area contributed by atoms with Crippen molar-refractivity contribution in [2.24, 2.45) is 0 Å². The van der Waals surface area contributed by atoms with Crippen LogP contribution in [0.5, 0.6) is 0 Å². The Bertz CT molecular complexity index is 1410. The third kappa shape index (κ3) is 6.32. The van der Waals surface area contributed by atoms with Gasteiger partial charge in [-0.2, -0.15) is 0 Å². The van der Waals surface area contributed by atoms with Crippen LogP contribution in [-0.4, -0.2) is 11.1 Å². The van der Waals surface area contributed by atoms with Crippen LogP contribution >= 0.6 is 7.72 Å². The molecule has 4 nitrogen and oxygen atoms in total. The molecule has 0 radical (unpaired) electrons. The normalized spacial score (nSPS) is 13.3. The molecule has 0 amide bonds. The quantitative estimate of drug-likeness (QED) is 0.197. The SMILES string of the molecule is O=C(O[PH](OC(CC(O)c1ccccc1)c1ccccc1)(c1ccccc1)c1ccccc1)c1ccccc1. The van der Waals surface area contributed by atoms with Crippen molar-refractivity contribution in [2.75, 3.05) is 0 Å². The van der Waals surface area contributed by atoms with Gasteiger partial charge in [-0.1, -0.05) is 0 Å². The van der Waals surface area contributed by atoms with Gasteiger partial charge in [0.1, 0.15) is 0 Å². The Balaban J connectivity index is 1.63. The summed E-state index contributed by atoms with van der Waals surface area (Å²) in [6, 6.07) is 47.7. The molecule has 2 atom stereocenters. The van der Waals surface area contributed by atoms with Crippen molar-refractivity contribution in [3.05, 3.63) is 168 Å². The van der Waals surface area contributed by atoms with E-state index in [4.69, 9.17) is 9.05 Å². The summed E-state index contributed by atoms with van der Waals surface area (Å²) in [6.07, 6.45) is -1.05. The Labute approximate surface area is 230 Å². The van der Waals surface area contributed by atoms with Crippen molar-refractivity contribution in [3.8, 4) is 0 Å². The van der Waals surface area contributed by atoms with Gasteiger partial charge in [0.15, 0.2) is 0 Å². The van der Waals surface area contributed by atoms with Gasteiger partial charge in [0.2, 0.25) is 0 Å². The van der Waals surface area contributed by atoms with Gasteiger partial charge in [-0.3, -0.25) is 0 Å². The topological polar surface area (TPSA) is 55.8 Å². The minimum absolute atomic E-state index is 0.283. The molecule has 0 aliphatic rings. The van der Waals surface area contributed by atoms with Crippen LogP contribution in [0.2, 0.25) is 0 Å². The molecule has 5 aromatic carbocycles. The number of benzene rings is 5. The molecule has 1 N–H and O–H groups in total. The molecule has 0 aliphatic carbocycles. The van der Waals surface area contributed by atoms with E-state index in [2.05, 4.69) is 0 Å². The van der Waals surface area contributed by atoms with Crippen LogP contribution in [0.15, 0.2) is 152 Å². The minimum atomic E-state index is -3.67. The monoisotopic (exact) mass is 534 g/mol. The van der Waals surface area contributed by atoms with E-state index < -0.39 is 25.9 Å². The molecule has 5 heteroatoms. The number of hydrogen-bond donors (Lipinski definition) is 1. The van der Waals surface area contributed by atoms with E-state index in [0.29, 0.717) is 5.56 Å². The number of hydrogen-bond acceptors (Lipinski definition) is 4. The molecule has 5 rings (SSSR count). The average Bonchev–Trinajstić information content (AvgIpc) is 3.02. The molecule has 0 bridgehead atoms. The number of carbonyl (C=O) groups excluding carboxylic acids is 1. The fourth-order valence-corrected chi connectivity index (χ4v) is 7.82. The molecule has 0 aliphatic heterocycles. The summed E-state index contributed by atoms with van der Waals surface area (Å²) in [6.45, 7) is 0. The van der Waals surface area contributed by atoms with Gasteiger partial charge in [0.25, 0.3) is 0 Å². The van der Waals surface area contributed by atoms with Gasteiger partial charge in [-0.25, -0.2) is 0 Å². The molecule has 0 aromatic heterocycles.